The fraction of sp³-hybridized carbons (Fsp3) is 0.357. The van der Waals surface area contributed by atoms with Gasteiger partial charge in [-0.2, -0.15) is 5.10 Å². The molecule has 2 aliphatic rings. The van der Waals surface area contributed by atoms with Gasteiger partial charge in [0.05, 0.1) is 35.1 Å². The normalized spacial score (nSPS) is 17.4. The maximum atomic E-state index is 6.09. The van der Waals surface area contributed by atoms with Gasteiger partial charge in [-0.05, 0) is 31.0 Å². The number of benzene rings is 1. The lowest BCUT2D eigenvalue weighted by Gasteiger charge is -2.31. The molecule has 194 valence electrons. The number of hydrogen-bond donors (Lipinski definition) is 1. The molecule has 0 atom stereocenters. The molecule has 0 bridgehead atoms. The lowest BCUT2D eigenvalue weighted by molar-refractivity contribution is 0.0937. The zero-order chi connectivity index (χ0) is 25.3. The average molecular weight is 528 g/mol. The van der Waals surface area contributed by atoms with Gasteiger partial charge in [0, 0.05) is 60.8 Å². The smallest absolute Gasteiger partial charge is 0.213 e. The highest BCUT2D eigenvalue weighted by Crippen LogP contribution is 2.36. The van der Waals surface area contributed by atoms with Crippen molar-refractivity contribution < 1.29 is 9.47 Å². The topological polar surface area (TPSA) is 92.3 Å². The van der Waals surface area contributed by atoms with Crippen molar-refractivity contribution in [2.24, 2.45) is 0 Å². The number of fused-ring (bicyclic) bond motifs is 2. The second-order valence-electron chi connectivity index (χ2n) is 9.80. The fourth-order valence-corrected chi connectivity index (χ4v) is 6.46. The monoisotopic (exact) mass is 527 g/mol. The van der Waals surface area contributed by atoms with Crippen LogP contribution in [-0.2, 0) is 11.3 Å². The minimum Gasteiger partial charge on any atom is -0.474 e. The van der Waals surface area contributed by atoms with Crippen molar-refractivity contribution in [3.8, 4) is 17.3 Å². The van der Waals surface area contributed by atoms with E-state index in [-0.39, 0.29) is 6.10 Å². The number of morpholine rings is 1. The van der Waals surface area contributed by atoms with Crippen molar-refractivity contribution in [1.29, 1.82) is 0 Å². The van der Waals surface area contributed by atoms with E-state index in [1.807, 2.05) is 47.9 Å². The Morgan fingerprint density at radius 1 is 1.03 bits per heavy atom. The lowest BCUT2D eigenvalue weighted by atomic mass is 10.1. The van der Waals surface area contributed by atoms with Gasteiger partial charge >= 0.3 is 0 Å². The van der Waals surface area contributed by atoms with Crippen LogP contribution in [0.15, 0.2) is 54.9 Å². The van der Waals surface area contributed by atoms with Crippen LogP contribution in [0, 0.1) is 0 Å². The molecule has 38 heavy (non-hydrogen) atoms. The molecule has 7 rings (SSSR count). The highest BCUT2D eigenvalue weighted by Gasteiger charge is 2.24. The summed E-state index contributed by atoms with van der Waals surface area (Å²) in [6, 6.07) is 14.2. The van der Waals surface area contributed by atoms with Crippen LogP contribution in [0.1, 0.15) is 17.7 Å². The van der Waals surface area contributed by atoms with Gasteiger partial charge < -0.3 is 14.4 Å². The van der Waals surface area contributed by atoms with Crippen molar-refractivity contribution in [3.63, 3.8) is 0 Å². The molecule has 4 aromatic heterocycles. The molecule has 6 heterocycles. The highest BCUT2D eigenvalue weighted by atomic mass is 32.1. The molecule has 2 fully saturated rings. The minimum absolute atomic E-state index is 0.218. The summed E-state index contributed by atoms with van der Waals surface area (Å²) in [4.78, 5) is 20.7. The number of rotatable bonds is 6. The van der Waals surface area contributed by atoms with E-state index in [1.165, 1.54) is 4.88 Å². The van der Waals surface area contributed by atoms with Gasteiger partial charge in [-0.15, -0.1) is 11.3 Å². The van der Waals surface area contributed by atoms with Gasteiger partial charge in [-0.3, -0.25) is 10.00 Å². The molecule has 5 aromatic rings. The highest BCUT2D eigenvalue weighted by molar-refractivity contribution is 7.19. The summed E-state index contributed by atoms with van der Waals surface area (Å²) in [5.41, 5.74) is 2.99. The Bertz CT molecular complexity index is 1540. The van der Waals surface area contributed by atoms with E-state index in [1.54, 1.807) is 6.20 Å². The van der Waals surface area contributed by atoms with E-state index in [9.17, 15) is 0 Å². The van der Waals surface area contributed by atoms with E-state index in [2.05, 4.69) is 37.1 Å². The Morgan fingerprint density at radius 2 is 1.92 bits per heavy atom. The summed E-state index contributed by atoms with van der Waals surface area (Å²) in [7, 11) is 0. The van der Waals surface area contributed by atoms with Gasteiger partial charge in [-0.1, -0.05) is 18.2 Å². The Balaban J connectivity index is 1.15. The van der Waals surface area contributed by atoms with Crippen molar-refractivity contribution in [2.75, 3.05) is 44.3 Å². The number of anilines is 1. The average Bonchev–Trinajstić information content (AvgIpc) is 3.61. The largest absolute Gasteiger partial charge is 0.474 e. The first-order valence-electron chi connectivity index (χ1n) is 13.2. The first kappa shape index (κ1) is 23.5. The number of ether oxygens (including phenoxy) is 2. The maximum absolute atomic E-state index is 6.09. The Morgan fingerprint density at radius 3 is 2.76 bits per heavy atom. The summed E-state index contributed by atoms with van der Waals surface area (Å²) >= 11 is 1.81. The van der Waals surface area contributed by atoms with E-state index in [4.69, 9.17) is 19.4 Å². The summed E-state index contributed by atoms with van der Waals surface area (Å²) in [5, 5.41) is 8.33. The van der Waals surface area contributed by atoms with Gasteiger partial charge in [0.25, 0.3) is 0 Å². The van der Waals surface area contributed by atoms with Crippen molar-refractivity contribution in [3.05, 3.63) is 59.7 Å². The van der Waals surface area contributed by atoms with E-state index in [0.29, 0.717) is 19.1 Å². The standard InChI is InChI=1S/C28H29N7O2S/c1-2-9-29-25(6-1)37-19-7-10-34(11-8-19)18-20-16-24-26(38-20)28(35-12-14-36-15-13-35)32-27(31-24)21-4-3-5-23-22(21)17-30-33-23/h1-6,9,16-17,19H,7-8,10-15,18H2,(H,30,33). The molecular weight excluding hydrogens is 498 g/mol. The molecule has 2 saturated heterocycles. The van der Waals surface area contributed by atoms with Crippen LogP contribution in [-0.4, -0.2) is 75.5 Å². The summed E-state index contributed by atoms with van der Waals surface area (Å²) in [6.45, 7) is 6.00. The Hall–Kier alpha value is -3.60. The predicted octanol–water partition coefficient (Wildman–Crippen LogP) is 4.51. The van der Waals surface area contributed by atoms with E-state index in [0.717, 1.165) is 83.9 Å². The molecule has 0 unspecified atom stereocenters. The first-order valence-corrected chi connectivity index (χ1v) is 14.0. The zero-order valence-electron chi connectivity index (χ0n) is 21.0. The number of aromatic amines is 1. The quantitative estimate of drug-likeness (QED) is 0.345. The van der Waals surface area contributed by atoms with E-state index >= 15 is 0 Å². The molecule has 2 aliphatic heterocycles. The number of hydrogen-bond acceptors (Lipinski definition) is 9. The number of nitrogens with zero attached hydrogens (tertiary/aromatic N) is 6. The van der Waals surface area contributed by atoms with E-state index < -0.39 is 0 Å². The van der Waals surface area contributed by atoms with Crippen LogP contribution >= 0.6 is 11.3 Å². The van der Waals surface area contributed by atoms with Crippen molar-refractivity contribution in [1.82, 2.24) is 30.0 Å². The number of thiophene rings is 1. The molecule has 1 N–H and O–H groups in total. The van der Waals surface area contributed by atoms with Crippen LogP contribution in [0.25, 0.3) is 32.5 Å². The van der Waals surface area contributed by atoms with Crippen LogP contribution < -0.4 is 9.64 Å². The fourth-order valence-electron chi connectivity index (χ4n) is 5.31. The molecular formula is C28H29N7O2S. The number of nitrogens with one attached hydrogen (secondary N) is 1. The van der Waals surface area contributed by atoms with Crippen molar-refractivity contribution in [2.45, 2.75) is 25.5 Å². The van der Waals surface area contributed by atoms with Gasteiger partial charge in [0.1, 0.15) is 6.10 Å². The summed E-state index contributed by atoms with van der Waals surface area (Å²) in [5.74, 6) is 2.46. The Labute approximate surface area is 224 Å². The molecule has 0 radical (unpaired) electrons. The second-order valence-corrected chi connectivity index (χ2v) is 10.9. The van der Waals surface area contributed by atoms with Crippen LogP contribution in [0.5, 0.6) is 5.88 Å². The third-order valence-corrected chi connectivity index (χ3v) is 8.39. The van der Waals surface area contributed by atoms with Crippen LogP contribution in [0.3, 0.4) is 0 Å². The predicted molar refractivity (Wildman–Crippen MR) is 149 cm³/mol. The lowest BCUT2D eigenvalue weighted by Crippen LogP contribution is -2.37. The summed E-state index contributed by atoms with van der Waals surface area (Å²) < 4.78 is 12.9. The first-order chi connectivity index (χ1) is 18.8. The molecule has 0 spiro atoms. The molecule has 0 amide bonds. The van der Waals surface area contributed by atoms with Gasteiger partial charge in [0.15, 0.2) is 11.6 Å². The minimum atomic E-state index is 0.218. The number of piperidine rings is 1. The van der Waals surface area contributed by atoms with Gasteiger partial charge in [-0.25, -0.2) is 15.0 Å². The zero-order valence-corrected chi connectivity index (χ0v) is 21.9. The molecule has 0 saturated carbocycles. The molecule has 9 nitrogen and oxygen atoms in total. The summed E-state index contributed by atoms with van der Waals surface area (Å²) in [6.07, 6.45) is 5.85. The molecule has 0 aliphatic carbocycles. The number of pyridine rings is 1. The van der Waals surface area contributed by atoms with Crippen LogP contribution in [0.4, 0.5) is 5.82 Å². The molecule has 10 heteroatoms. The number of aromatic nitrogens is 5. The number of H-pyrrole nitrogens is 1. The maximum Gasteiger partial charge on any atom is 0.213 e. The van der Waals surface area contributed by atoms with Gasteiger partial charge in [0.2, 0.25) is 5.88 Å². The van der Waals surface area contributed by atoms with Crippen molar-refractivity contribution >= 4 is 38.3 Å². The third kappa shape index (κ3) is 4.70. The van der Waals surface area contributed by atoms with Crippen LogP contribution in [0.2, 0.25) is 0 Å². The third-order valence-electron chi connectivity index (χ3n) is 7.28. The Kier molecular flexibility index (Phi) is 6.36. The molecule has 1 aromatic carbocycles. The second kappa shape index (κ2) is 10.3. The number of likely N-dealkylation sites (tertiary alicyclic amines) is 1. The SMILES string of the molecule is c1ccc(OC2CCN(Cc3cc4nc(-c5cccc6[nH]ncc56)nc(N5CCOCC5)c4s3)CC2)nc1.